The van der Waals surface area contributed by atoms with Crippen molar-refractivity contribution in [2.24, 2.45) is 0 Å². The van der Waals surface area contributed by atoms with Crippen molar-refractivity contribution in [1.82, 2.24) is 10.2 Å². The fourth-order valence-corrected chi connectivity index (χ4v) is 3.73. The molecule has 0 saturated heterocycles. The predicted molar refractivity (Wildman–Crippen MR) is 135 cm³/mol. The van der Waals surface area contributed by atoms with Crippen LogP contribution in [-0.2, 0) is 21.5 Å². The minimum absolute atomic E-state index is 0.0309. The number of hydrogen-bond acceptors (Lipinski definition) is 3. The van der Waals surface area contributed by atoms with Gasteiger partial charge in [-0.25, -0.2) is 0 Å². The van der Waals surface area contributed by atoms with Crippen LogP contribution in [0.3, 0.4) is 0 Å². The zero-order valence-corrected chi connectivity index (χ0v) is 21.8. The second-order valence-electron chi connectivity index (χ2n) is 9.42. The molecular formula is C26H34Cl2N2O3. The smallest absolute Gasteiger partial charge is 0.261 e. The zero-order valence-electron chi connectivity index (χ0n) is 20.2. The third-order valence-corrected chi connectivity index (χ3v) is 5.98. The molecule has 5 nitrogen and oxygen atoms in total. The van der Waals surface area contributed by atoms with E-state index in [-0.39, 0.29) is 36.4 Å². The molecule has 0 spiro atoms. The average molecular weight is 493 g/mol. The van der Waals surface area contributed by atoms with E-state index < -0.39 is 6.04 Å². The summed E-state index contributed by atoms with van der Waals surface area (Å²) in [6, 6.07) is 12.2. The summed E-state index contributed by atoms with van der Waals surface area (Å²) in [6.07, 6.45) is 0.464. The molecule has 0 aliphatic heterocycles. The van der Waals surface area contributed by atoms with Gasteiger partial charge in [0.25, 0.3) is 5.91 Å². The average Bonchev–Trinajstić information content (AvgIpc) is 2.73. The number of amides is 2. The molecule has 0 unspecified atom stereocenters. The van der Waals surface area contributed by atoms with E-state index in [2.05, 4.69) is 26.1 Å². The summed E-state index contributed by atoms with van der Waals surface area (Å²) in [6.45, 7) is 12.1. The highest BCUT2D eigenvalue weighted by Crippen LogP contribution is 2.25. The first-order valence-corrected chi connectivity index (χ1v) is 11.9. The van der Waals surface area contributed by atoms with Gasteiger partial charge < -0.3 is 15.0 Å². The topological polar surface area (TPSA) is 58.6 Å². The third kappa shape index (κ3) is 7.94. The molecule has 0 heterocycles. The summed E-state index contributed by atoms with van der Waals surface area (Å²) in [5.41, 5.74) is 1.99. The lowest BCUT2D eigenvalue weighted by atomic mass is 9.87. The minimum atomic E-state index is -0.638. The standard InChI is InChI=1S/C26H34Cl2N2O3/c1-7-23(25(32)29-17(2)3)30(15-18-8-13-21(27)22(28)14-18)24(31)16-33-20-11-9-19(10-12-20)26(4,5)6/h8-14,17,23H,7,15-16H2,1-6H3,(H,29,32)/t23-/m0/s1. The van der Waals surface area contributed by atoms with Crippen molar-refractivity contribution >= 4 is 35.0 Å². The SMILES string of the molecule is CC[C@@H](C(=O)NC(C)C)N(Cc1ccc(Cl)c(Cl)c1)C(=O)COc1ccc(C(C)(C)C)cc1. The predicted octanol–water partition coefficient (Wildman–Crippen LogP) is 6.00. The summed E-state index contributed by atoms with van der Waals surface area (Å²) in [4.78, 5) is 27.6. The summed E-state index contributed by atoms with van der Waals surface area (Å²) in [5, 5.41) is 3.74. The Labute approximate surface area is 207 Å². The van der Waals surface area contributed by atoms with Crippen molar-refractivity contribution in [2.45, 2.75) is 72.0 Å². The van der Waals surface area contributed by atoms with Crippen LogP contribution in [0.2, 0.25) is 10.0 Å². The molecule has 0 aliphatic rings. The molecule has 1 N–H and O–H groups in total. The highest BCUT2D eigenvalue weighted by atomic mass is 35.5. The van der Waals surface area contributed by atoms with E-state index in [0.717, 1.165) is 5.56 Å². The van der Waals surface area contributed by atoms with Crippen molar-refractivity contribution in [1.29, 1.82) is 0 Å². The molecule has 33 heavy (non-hydrogen) atoms. The summed E-state index contributed by atoms with van der Waals surface area (Å²) >= 11 is 12.2. The number of rotatable bonds is 9. The Balaban J connectivity index is 2.22. The monoisotopic (exact) mass is 492 g/mol. The Morgan fingerprint density at radius 2 is 1.67 bits per heavy atom. The molecule has 0 bridgehead atoms. The summed E-state index contributed by atoms with van der Waals surface area (Å²) in [5.74, 6) is 0.118. The van der Waals surface area contributed by atoms with Gasteiger partial charge in [-0.15, -0.1) is 0 Å². The highest BCUT2D eigenvalue weighted by Gasteiger charge is 2.29. The Kier molecular flexibility index (Phi) is 9.62. The molecular weight excluding hydrogens is 459 g/mol. The molecule has 7 heteroatoms. The Morgan fingerprint density at radius 1 is 1.03 bits per heavy atom. The van der Waals surface area contributed by atoms with E-state index >= 15 is 0 Å². The van der Waals surface area contributed by atoms with Crippen LogP contribution in [0.4, 0.5) is 0 Å². The molecule has 0 saturated carbocycles. The van der Waals surface area contributed by atoms with E-state index in [1.165, 1.54) is 5.56 Å². The molecule has 1 atom stereocenters. The first-order valence-electron chi connectivity index (χ1n) is 11.2. The van der Waals surface area contributed by atoms with Crippen LogP contribution in [0.25, 0.3) is 0 Å². The number of halogens is 2. The number of carbonyl (C=O) groups is 2. The van der Waals surface area contributed by atoms with Gasteiger partial charge in [-0.3, -0.25) is 9.59 Å². The third-order valence-electron chi connectivity index (χ3n) is 5.24. The zero-order chi connectivity index (χ0) is 24.8. The second kappa shape index (κ2) is 11.8. The van der Waals surface area contributed by atoms with Crippen molar-refractivity contribution < 1.29 is 14.3 Å². The molecule has 0 fully saturated rings. The van der Waals surface area contributed by atoms with Crippen LogP contribution >= 0.6 is 23.2 Å². The van der Waals surface area contributed by atoms with Crippen LogP contribution < -0.4 is 10.1 Å². The number of benzene rings is 2. The van der Waals surface area contributed by atoms with Gasteiger partial charge in [0.05, 0.1) is 10.0 Å². The highest BCUT2D eigenvalue weighted by molar-refractivity contribution is 6.42. The van der Waals surface area contributed by atoms with Gasteiger partial charge in [-0.1, -0.05) is 69.1 Å². The lowest BCUT2D eigenvalue weighted by molar-refractivity contribution is -0.143. The molecule has 2 amide bonds. The van der Waals surface area contributed by atoms with Crippen LogP contribution in [-0.4, -0.2) is 35.4 Å². The molecule has 0 aliphatic carbocycles. The molecule has 2 aromatic carbocycles. The fourth-order valence-electron chi connectivity index (χ4n) is 3.41. The van der Waals surface area contributed by atoms with E-state index in [1.807, 2.05) is 45.0 Å². The molecule has 0 aromatic heterocycles. The Hall–Kier alpha value is -2.24. The summed E-state index contributed by atoms with van der Waals surface area (Å²) in [7, 11) is 0. The van der Waals surface area contributed by atoms with Crippen molar-refractivity contribution in [3.63, 3.8) is 0 Å². The van der Waals surface area contributed by atoms with E-state index in [0.29, 0.717) is 22.2 Å². The quantitative estimate of drug-likeness (QED) is 0.466. The van der Waals surface area contributed by atoms with Crippen LogP contribution in [0, 0.1) is 0 Å². The molecule has 2 rings (SSSR count). The number of ether oxygens (including phenoxy) is 1. The van der Waals surface area contributed by atoms with Gasteiger partial charge in [0, 0.05) is 12.6 Å². The minimum Gasteiger partial charge on any atom is -0.484 e. The van der Waals surface area contributed by atoms with Crippen molar-refractivity contribution in [3.05, 3.63) is 63.6 Å². The van der Waals surface area contributed by atoms with Gasteiger partial charge in [0.15, 0.2) is 6.61 Å². The second-order valence-corrected chi connectivity index (χ2v) is 10.2. The van der Waals surface area contributed by atoms with Crippen LogP contribution in [0.15, 0.2) is 42.5 Å². The maximum atomic E-state index is 13.3. The molecule has 2 aromatic rings. The fraction of sp³-hybridized carbons (Fsp3) is 0.462. The lowest BCUT2D eigenvalue weighted by Gasteiger charge is -2.31. The van der Waals surface area contributed by atoms with E-state index in [4.69, 9.17) is 27.9 Å². The number of nitrogens with zero attached hydrogens (tertiary/aromatic N) is 1. The maximum Gasteiger partial charge on any atom is 0.261 e. The normalized spacial score (nSPS) is 12.4. The molecule has 180 valence electrons. The Morgan fingerprint density at radius 3 is 2.18 bits per heavy atom. The van der Waals surface area contributed by atoms with Crippen LogP contribution in [0.5, 0.6) is 5.75 Å². The van der Waals surface area contributed by atoms with Gasteiger partial charge >= 0.3 is 0 Å². The van der Waals surface area contributed by atoms with E-state index in [9.17, 15) is 9.59 Å². The maximum absolute atomic E-state index is 13.3. The van der Waals surface area contributed by atoms with Gasteiger partial charge in [-0.2, -0.15) is 0 Å². The molecule has 0 radical (unpaired) electrons. The Bertz CT molecular complexity index is 953. The summed E-state index contributed by atoms with van der Waals surface area (Å²) < 4.78 is 5.78. The van der Waals surface area contributed by atoms with Gasteiger partial charge in [0.2, 0.25) is 5.91 Å². The van der Waals surface area contributed by atoms with Crippen molar-refractivity contribution in [2.75, 3.05) is 6.61 Å². The van der Waals surface area contributed by atoms with Crippen molar-refractivity contribution in [3.8, 4) is 5.75 Å². The van der Waals surface area contributed by atoms with Gasteiger partial charge in [-0.05, 0) is 61.1 Å². The number of nitrogens with one attached hydrogen (secondary N) is 1. The van der Waals surface area contributed by atoms with Gasteiger partial charge in [0.1, 0.15) is 11.8 Å². The first kappa shape index (κ1) is 27.0. The number of hydrogen-bond donors (Lipinski definition) is 1. The largest absolute Gasteiger partial charge is 0.484 e. The lowest BCUT2D eigenvalue weighted by Crippen LogP contribution is -2.51. The first-order chi connectivity index (χ1) is 15.4. The van der Waals surface area contributed by atoms with Crippen LogP contribution in [0.1, 0.15) is 59.1 Å². The number of carbonyl (C=O) groups excluding carboxylic acids is 2. The van der Waals surface area contributed by atoms with E-state index in [1.54, 1.807) is 23.1 Å².